The van der Waals surface area contributed by atoms with Crippen molar-refractivity contribution in [3.63, 3.8) is 0 Å². The number of nitrogens with one attached hydrogen (secondary N) is 1. The van der Waals surface area contributed by atoms with Crippen LogP contribution in [0.15, 0.2) is 46.7 Å². The number of unbranched alkanes of at least 4 members (excludes halogenated alkanes) is 3. The third kappa shape index (κ3) is 6.84. The molecule has 2 aromatic rings. The smallest absolute Gasteiger partial charge is 0.305 e. The van der Waals surface area contributed by atoms with Gasteiger partial charge >= 0.3 is 5.97 Å². The van der Waals surface area contributed by atoms with Crippen LogP contribution in [-0.2, 0) is 9.53 Å². The Morgan fingerprint density at radius 1 is 1.16 bits per heavy atom. The van der Waals surface area contributed by atoms with Crippen molar-refractivity contribution in [2.45, 2.75) is 50.0 Å². The molecule has 0 aliphatic heterocycles. The number of thiol groups is 1. The molecule has 0 saturated carbocycles. The van der Waals surface area contributed by atoms with E-state index in [1.54, 1.807) is 11.3 Å². The highest BCUT2D eigenvalue weighted by Crippen LogP contribution is 2.30. The van der Waals surface area contributed by atoms with Crippen LogP contribution in [0.1, 0.15) is 55.5 Å². The minimum Gasteiger partial charge on any atom is -0.466 e. The van der Waals surface area contributed by atoms with Crippen LogP contribution in [0, 0.1) is 0 Å². The van der Waals surface area contributed by atoms with Crippen LogP contribution in [0.4, 0.5) is 0 Å². The summed E-state index contributed by atoms with van der Waals surface area (Å²) in [4.78, 5) is 13.6. The van der Waals surface area contributed by atoms with Crippen molar-refractivity contribution < 1.29 is 9.53 Å². The molecular formula is C20H27NO2S2. The summed E-state index contributed by atoms with van der Waals surface area (Å²) in [7, 11) is 0. The molecule has 0 fully saturated rings. The van der Waals surface area contributed by atoms with Gasteiger partial charge in [-0.05, 0) is 49.4 Å². The largest absolute Gasteiger partial charge is 0.466 e. The van der Waals surface area contributed by atoms with E-state index in [1.165, 1.54) is 10.4 Å². The average molecular weight is 378 g/mol. The average Bonchev–Trinajstić information content (AvgIpc) is 3.13. The zero-order valence-electron chi connectivity index (χ0n) is 14.7. The van der Waals surface area contributed by atoms with E-state index in [0.29, 0.717) is 13.0 Å². The Morgan fingerprint density at radius 3 is 2.68 bits per heavy atom. The Balaban J connectivity index is 1.76. The molecule has 0 radical (unpaired) electrons. The van der Waals surface area contributed by atoms with Crippen molar-refractivity contribution >= 4 is 29.9 Å². The molecule has 3 nitrogen and oxygen atoms in total. The first-order valence-electron chi connectivity index (χ1n) is 8.92. The number of carbonyl (C=O) groups is 1. The van der Waals surface area contributed by atoms with Gasteiger partial charge in [0.1, 0.15) is 0 Å². The molecule has 5 heteroatoms. The number of benzene rings is 1. The van der Waals surface area contributed by atoms with E-state index in [4.69, 9.17) is 4.74 Å². The fourth-order valence-electron chi connectivity index (χ4n) is 2.78. The molecule has 1 aromatic carbocycles. The number of hydrogen-bond donors (Lipinski definition) is 2. The summed E-state index contributed by atoms with van der Waals surface area (Å²) in [5.74, 6) is -0.0798. The van der Waals surface area contributed by atoms with E-state index in [9.17, 15) is 4.79 Å². The molecule has 1 N–H and O–H groups in total. The van der Waals surface area contributed by atoms with Gasteiger partial charge in [0.2, 0.25) is 0 Å². The summed E-state index contributed by atoms with van der Waals surface area (Å²) < 4.78 is 4.95. The standard InChI is InChI=1S/C20H27NO2S2/c1-2-23-19(22)13-5-3-4-8-14-21-20(18-12-9-15-25-18)16-10-6-7-11-17(16)24/h6-7,9-12,15,20-21,24H,2-5,8,13-14H2,1H3. The number of thiophene rings is 1. The van der Waals surface area contributed by atoms with Gasteiger partial charge in [0, 0.05) is 16.2 Å². The summed E-state index contributed by atoms with van der Waals surface area (Å²) in [5.41, 5.74) is 1.22. The molecule has 0 saturated heterocycles. The molecule has 1 heterocycles. The molecule has 0 spiro atoms. The lowest BCUT2D eigenvalue weighted by Crippen LogP contribution is -2.23. The Morgan fingerprint density at radius 2 is 1.96 bits per heavy atom. The maximum atomic E-state index is 11.3. The van der Waals surface area contributed by atoms with Crippen molar-refractivity contribution in [2.24, 2.45) is 0 Å². The molecule has 136 valence electrons. The van der Waals surface area contributed by atoms with Crippen LogP contribution in [0.2, 0.25) is 0 Å². The number of rotatable bonds is 11. The first-order chi connectivity index (χ1) is 12.2. The highest BCUT2D eigenvalue weighted by atomic mass is 32.1. The SMILES string of the molecule is CCOC(=O)CCCCCCNC(c1cccs1)c1ccccc1S. The van der Waals surface area contributed by atoms with Gasteiger partial charge < -0.3 is 10.1 Å². The lowest BCUT2D eigenvalue weighted by molar-refractivity contribution is -0.143. The van der Waals surface area contributed by atoms with Crippen LogP contribution in [-0.4, -0.2) is 19.1 Å². The van der Waals surface area contributed by atoms with Crippen LogP contribution in [0.3, 0.4) is 0 Å². The van der Waals surface area contributed by atoms with Crippen LogP contribution in [0.5, 0.6) is 0 Å². The molecule has 25 heavy (non-hydrogen) atoms. The van der Waals surface area contributed by atoms with E-state index >= 15 is 0 Å². The fraction of sp³-hybridized carbons (Fsp3) is 0.450. The predicted molar refractivity (Wildman–Crippen MR) is 108 cm³/mol. The number of esters is 1. The second-order valence-electron chi connectivity index (χ2n) is 5.93. The molecule has 0 aliphatic rings. The molecule has 1 unspecified atom stereocenters. The van der Waals surface area contributed by atoms with E-state index in [0.717, 1.165) is 37.1 Å². The summed E-state index contributed by atoms with van der Waals surface area (Å²) >= 11 is 6.38. The zero-order chi connectivity index (χ0) is 17.9. The van der Waals surface area contributed by atoms with Crippen molar-refractivity contribution in [1.29, 1.82) is 0 Å². The lowest BCUT2D eigenvalue weighted by Gasteiger charge is -2.19. The predicted octanol–water partition coefficient (Wildman–Crippen LogP) is 5.23. The first-order valence-corrected chi connectivity index (χ1v) is 10.3. The second kappa shape index (κ2) is 11.3. The van der Waals surface area contributed by atoms with Gasteiger partial charge in [-0.3, -0.25) is 4.79 Å². The van der Waals surface area contributed by atoms with Gasteiger partial charge in [-0.15, -0.1) is 24.0 Å². The maximum absolute atomic E-state index is 11.3. The van der Waals surface area contributed by atoms with Crippen LogP contribution >= 0.6 is 24.0 Å². The van der Waals surface area contributed by atoms with Crippen molar-refractivity contribution in [3.05, 3.63) is 52.2 Å². The van der Waals surface area contributed by atoms with E-state index in [2.05, 4.69) is 47.6 Å². The molecular weight excluding hydrogens is 350 g/mol. The number of ether oxygens (including phenoxy) is 1. The normalized spacial score (nSPS) is 12.1. The quantitative estimate of drug-likeness (QED) is 0.320. The van der Waals surface area contributed by atoms with Crippen molar-refractivity contribution in [1.82, 2.24) is 5.32 Å². The highest BCUT2D eigenvalue weighted by Gasteiger charge is 2.16. The summed E-state index contributed by atoms with van der Waals surface area (Å²) in [6, 6.07) is 12.7. The Hall–Kier alpha value is -1.30. The first kappa shape index (κ1) is 20.0. The topological polar surface area (TPSA) is 38.3 Å². The fourth-order valence-corrected chi connectivity index (χ4v) is 3.89. The van der Waals surface area contributed by atoms with Crippen molar-refractivity contribution in [3.8, 4) is 0 Å². The Kier molecular flexibility index (Phi) is 9.08. The maximum Gasteiger partial charge on any atom is 0.305 e. The second-order valence-corrected chi connectivity index (χ2v) is 7.39. The minimum atomic E-state index is -0.0798. The Labute approximate surface area is 160 Å². The summed E-state index contributed by atoms with van der Waals surface area (Å²) in [5, 5.41) is 5.78. The number of carbonyl (C=O) groups excluding carboxylic acids is 1. The van der Waals surface area contributed by atoms with Gasteiger partial charge in [-0.1, -0.05) is 37.1 Å². The van der Waals surface area contributed by atoms with Gasteiger partial charge in [0.05, 0.1) is 12.6 Å². The molecule has 1 aromatic heterocycles. The molecule has 2 rings (SSSR count). The van der Waals surface area contributed by atoms with Gasteiger partial charge in [0.25, 0.3) is 0 Å². The van der Waals surface area contributed by atoms with Gasteiger partial charge in [0.15, 0.2) is 0 Å². The Bertz CT molecular complexity index is 628. The van der Waals surface area contributed by atoms with Crippen LogP contribution in [0.25, 0.3) is 0 Å². The summed E-state index contributed by atoms with van der Waals surface area (Å²) in [6.45, 7) is 3.26. The molecule has 0 aliphatic carbocycles. The monoisotopic (exact) mass is 377 g/mol. The van der Waals surface area contributed by atoms with Crippen molar-refractivity contribution in [2.75, 3.05) is 13.2 Å². The molecule has 1 atom stereocenters. The minimum absolute atomic E-state index is 0.0798. The van der Waals surface area contributed by atoms with E-state index in [1.807, 2.05) is 19.1 Å². The molecule has 0 bridgehead atoms. The van der Waals surface area contributed by atoms with Gasteiger partial charge in [-0.25, -0.2) is 0 Å². The van der Waals surface area contributed by atoms with E-state index < -0.39 is 0 Å². The molecule has 0 amide bonds. The third-order valence-corrected chi connectivity index (χ3v) is 5.38. The van der Waals surface area contributed by atoms with E-state index in [-0.39, 0.29) is 12.0 Å². The summed E-state index contributed by atoms with van der Waals surface area (Å²) in [6.07, 6.45) is 4.72. The lowest BCUT2D eigenvalue weighted by atomic mass is 10.0. The van der Waals surface area contributed by atoms with Crippen LogP contribution < -0.4 is 5.32 Å². The van der Waals surface area contributed by atoms with Gasteiger partial charge in [-0.2, -0.15) is 0 Å². The number of hydrogen-bond acceptors (Lipinski definition) is 5. The zero-order valence-corrected chi connectivity index (χ0v) is 16.5. The highest BCUT2D eigenvalue weighted by molar-refractivity contribution is 7.80. The third-order valence-electron chi connectivity index (χ3n) is 4.04.